The molecule has 0 spiro atoms. The SMILES string of the molecule is O=C(NCc1cccc(Br)c1)NC1(C(=O)NCCO)CCCC1. The average Bonchev–Trinajstić information content (AvgIpc) is 3.00. The smallest absolute Gasteiger partial charge is 0.315 e. The highest BCUT2D eigenvalue weighted by Gasteiger charge is 2.42. The first kappa shape index (κ1) is 17.7. The van der Waals surface area contributed by atoms with Gasteiger partial charge in [0.25, 0.3) is 0 Å². The third kappa shape index (κ3) is 4.94. The van der Waals surface area contributed by atoms with Gasteiger partial charge in [0.05, 0.1) is 6.61 Å². The van der Waals surface area contributed by atoms with Crippen LogP contribution < -0.4 is 16.0 Å². The first-order valence-electron chi connectivity index (χ1n) is 7.75. The summed E-state index contributed by atoms with van der Waals surface area (Å²) in [4.78, 5) is 24.5. The zero-order valence-electron chi connectivity index (χ0n) is 12.9. The van der Waals surface area contributed by atoms with Crippen molar-refractivity contribution < 1.29 is 14.7 Å². The molecule has 3 amide bonds. The number of hydrogen-bond donors (Lipinski definition) is 4. The number of nitrogens with one attached hydrogen (secondary N) is 3. The van der Waals surface area contributed by atoms with E-state index in [1.807, 2.05) is 24.3 Å². The van der Waals surface area contributed by atoms with Crippen LogP contribution in [-0.2, 0) is 11.3 Å². The van der Waals surface area contributed by atoms with Crippen LogP contribution in [0.3, 0.4) is 0 Å². The molecule has 1 fully saturated rings. The molecule has 0 aliphatic heterocycles. The lowest BCUT2D eigenvalue weighted by Gasteiger charge is -2.29. The van der Waals surface area contributed by atoms with Crippen LogP contribution >= 0.6 is 15.9 Å². The molecule has 2 rings (SSSR count). The highest BCUT2D eigenvalue weighted by molar-refractivity contribution is 9.10. The van der Waals surface area contributed by atoms with Gasteiger partial charge in [-0.25, -0.2) is 4.79 Å². The van der Waals surface area contributed by atoms with Gasteiger partial charge in [0.15, 0.2) is 0 Å². The highest BCUT2D eigenvalue weighted by atomic mass is 79.9. The zero-order chi connectivity index (χ0) is 16.7. The number of carbonyl (C=O) groups is 2. The third-order valence-corrected chi connectivity index (χ3v) is 4.48. The van der Waals surface area contributed by atoms with Gasteiger partial charge in [-0.1, -0.05) is 40.9 Å². The lowest BCUT2D eigenvalue weighted by Crippen LogP contribution is -2.59. The Morgan fingerprint density at radius 2 is 1.96 bits per heavy atom. The van der Waals surface area contributed by atoms with E-state index >= 15 is 0 Å². The van der Waals surface area contributed by atoms with E-state index in [9.17, 15) is 9.59 Å². The Kier molecular flexibility index (Phi) is 6.41. The predicted octanol–water partition coefficient (Wildman–Crippen LogP) is 1.67. The molecule has 0 unspecified atom stereocenters. The molecule has 0 bridgehead atoms. The number of aliphatic hydroxyl groups is 1. The maximum absolute atomic E-state index is 12.3. The number of carbonyl (C=O) groups excluding carboxylic acids is 2. The Morgan fingerprint density at radius 1 is 1.22 bits per heavy atom. The first-order valence-corrected chi connectivity index (χ1v) is 8.55. The first-order chi connectivity index (χ1) is 11.1. The van der Waals surface area contributed by atoms with Crippen LogP contribution in [0.15, 0.2) is 28.7 Å². The molecule has 6 nitrogen and oxygen atoms in total. The van der Waals surface area contributed by atoms with Crippen LogP contribution in [-0.4, -0.2) is 35.7 Å². The molecule has 0 radical (unpaired) electrons. The lowest BCUT2D eigenvalue weighted by molar-refractivity contribution is -0.127. The van der Waals surface area contributed by atoms with Gasteiger partial charge < -0.3 is 21.1 Å². The Balaban J connectivity index is 1.91. The molecular weight excluding hydrogens is 362 g/mol. The number of benzene rings is 1. The largest absolute Gasteiger partial charge is 0.395 e. The van der Waals surface area contributed by atoms with Crippen molar-refractivity contribution in [2.45, 2.75) is 37.8 Å². The second kappa shape index (κ2) is 8.31. The molecule has 7 heteroatoms. The second-order valence-corrected chi connectivity index (χ2v) is 6.62. The van der Waals surface area contributed by atoms with Crippen molar-refractivity contribution in [1.29, 1.82) is 0 Å². The minimum atomic E-state index is -0.865. The molecule has 1 aromatic rings. The molecule has 1 aliphatic rings. The Bertz CT molecular complexity index is 559. The van der Waals surface area contributed by atoms with Crippen LogP contribution in [0.25, 0.3) is 0 Å². The van der Waals surface area contributed by atoms with Crippen molar-refractivity contribution in [3.8, 4) is 0 Å². The van der Waals surface area contributed by atoms with Gasteiger partial charge in [-0.05, 0) is 30.5 Å². The van der Waals surface area contributed by atoms with Crippen LogP contribution in [0, 0.1) is 0 Å². The summed E-state index contributed by atoms with van der Waals surface area (Å²) >= 11 is 3.39. The van der Waals surface area contributed by atoms with Crippen molar-refractivity contribution in [2.75, 3.05) is 13.2 Å². The number of aliphatic hydroxyl groups excluding tert-OH is 1. The number of halogens is 1. The molecule has 126 valence electrons. The van der Waals surface area contributed by atoms with E-state index in [1.165, 1.54) is 0 Å². The summed E-state index contributed by atoms with van der Waals surface area (Å²) in [6, 6.07) is 7.32. The van der Waals surface area contributed by atoms with Crippen molar-refractivity contribution in [1.82, 2.24) is 16.0 Å². The van der Waals surface area contributed by atoms with E-state index in [0.717, 1.165) is 22.9 Å². The molecule has 0 aromatic heterocycles. The van der Waals surface area contributed by atoms with Gasteiger partial charge in [0, 0.05) is 17.6 Å². The van der Waals surface area contributed by atoms with Gasteiger partial charge in [-0.3, -0.25) is 4.79 Å². The molecule has 1 aromatic carbocycles. The van der Waals surface area contributed by atoms with Gasteiger partial charge in [-0.2, -0.15) is 0 Å². The minimum absolute atomic E-state index is 0.114. The number of amides is 3. The van der Waals surface area contributed by atoms with Gasteiger partial charge in [-0.15, -0.1) is 0 Å². The van der Waals surface area contributed by atoms with Crippen LogP contribution in [0.1, 0.15) is 31.2 Å². The molecule has 4 N–H and O–H groups in total. The van der Waals surface area contributed by atoms with E-state index in [-0.39, 0.29) is 25.1 Å². The van der Waals surface area contributed by atoms with E-state index in [2.05, 4.69) is 31.9 Å². The minimum Gasteiger partial charge on any atom is -0.395 e. The van der Waals surface area contributed by atoms with Gasteiger partial charge >= 0.3 is 6.03 Å². The standard InChI is InChI=1S/C16H22BrN3O3/c17-13-5-3-4-12(10-13)11-19-15(23)20-16(6-1-2-7-16)14(22)18-8-9-21/h3-5,10,21H,1-2,6-9,11H2,(H,18,22)(H2,19,20,23). The van der Waals surface area contributed by atoms with Crippen LogP contribution in [0.4, 0.5) is 4.79 Å². The monoisotopic (exact) mass is 383 g/mol. The lowest BCUT2D eigenvalue weighted by atomic mass is 9.96. The average molecular weight is 384 g/mol. The van der Waals surface area contributed by atoms with Crippen molar-refractivity contribution in [3.05, 3.63) is 34.3 Å². The summed E-state index contributed by atoms with van der Waals surface area (Å²) in [5.74, 6) is -0.221. The number of rotatable bonds is 6. The fraction of sp³-hybridized carbons (Fsp3) is 0.500. The predicted molar refractivity (Wildman–Crippen MR) is 90.8 cm³/mol. The number of hydrogen-bond acceptors (Lipinski definition) is 3. The summed E-state index contributed by atoms with van der Waals surface area (Å²) in [6.45, 7) is 0.471. The third-order valence-electron chi connectivity index (χ3n) is 3.98. The van der Waals surface area contributed by atoms with Gasteiger partial charge in [0.1, 0.15) is 5.54 Å². The normalized spacial score (nSPS) is 15.9. The number of urea groups is 1. The Labute approximate surface area is 144 Å². The quantitative estimate of drug-likeness (QED) is 0.602. The maximum atomic E-state index is 12.3. The zero-order valence-corrected chi connectivity index (χ0v) is 14.5. The summed E-state index contributed by atoms with van der Waals surface area (Å²) in [6.07, 6.45) is 3.04. The fourth-order valence-electron chi connectivity index (χ4n) is 2.82. The second-order valence-electron chi connectivity index (χ2n) is 5.71. The summed E-state index contributed by atoms with van der Waals surface area (Å²) in [5, 5.41) is 17.1. The molecule has 1 aliphatic carbocycles. The fourth-order valence-corrected chi connectivity index (χ4v) is 3.26. The molecule has 1 saturated carbocycles. The van der Waals surface area contributed by atoms with E-state index in [4.69, 9.17) is 5.11 Å². The Hall–Kier alpha value is -1.60. The maximum Gasteiger partial charge on any atom is 0.315 e. The molecular formula is C16H22BrN3O3. The molecule has 0 saturated heterocycles. The summed E-state index contributed by atoms with van der Waals surface area (Å²) in [7, 11) is 0. The highest BCUT2D eigenvalue weighted by Crippen LogP contribution is 2.29. The molecule has 0 heterocycles. The summed E-state index contributed by atoms with van der Waals surface area (Å²) in [5.41, 5.74) is 0.107. The molecule has 0 atom stereocenters. The van der Waals surface area contributed by atoms with Crippen molar-refractivity contribution >= 4 is 27.9 Å². The summed E-state index contributed by atoms with van der Waals surface area (Å²) < 4.78 is 0.952. The topological polar surface area (TPSA) is 90.5 Å². The van der Waals surface area contributed by atoms with Gasteiger partial charge in [0.2, 0.25) is 5.91 Å². The van der Waals surface area contributed by atoms with E-state index < -0.39 is 5.54 Å². The van der Waals surface area contributed by atoms with E-state index in [0.29, 0.717) is 19.4 Å². The van der Waals surface area contributed by atoms with Crippen LogP contribution in [0.2, 0.25) is 0 Å². The molecule has 23 heavy (non-hydrogen) atoms. The van der Waals surface area contributed by atoms with Crippen LogP contribution in [0.5, 0.6) is 0 Å². The Morgan fingerprint density at radius 3 is 2.61 bits per heavy atom. The van der Waals surface area contributed by atoms with Crippen molar-refractivity contribution in [2.24, 2.45) is 0 Å². The van der Waals surface area contributed by atoms with E-state index in [1.54, 1.807) is 0 Å². The van der Waals surface area contributed by atoms with Crippen molar-refractivity contribution in [3.63, 3.8) is 0 Å².